The van der Waals surface area contributed by atoms with Crippen LogP contribution in [0.15, 0.2) is 36.4 Å². The Labute approximate surface area is 192 Å². The molecule has 0 aliphatic heterocycles. The third kappa shape index (κ3) is 7.73. The van der Waals surface area contributed by atoms with Crippen molar-refractivity contribution in [2.24, 2.45) is 0 Å². The zero-order chi connectivity index (χ0) is 23.0. The summed E-state index contributed by atoms with van der Waals surface area (Å²) in [6.45, 7) is 7.49. The number of hydrazine groups is 1. The molecule has 0 aliphatic rings. The summed E-state index contributed by atoms with van der Waals surface area (Å²) >= 11 is 11.2. The van der Waals surface area contributed by atoms with Gasteiger partial charge in [0, 0.05) is 10.6 Å². The maximum absolute atomic E-state index is 12.3. The number of hydrogen-bond acceptors (Lipinski definition) is 5. The third-order valence-corrected chi connectivity index (χ3v) is 5.15. The maximum Gasteiger partial charge on any atom is 0.276 e. The monoisotopic (exact) mass is 463 g/mol. The van der Waals surface area contributed by atoms with E-state index in [2.05, 4.69) is 16.2 Å². The molecule has 0 saturated carbocycles. The highest BCUT2D eigenvalue weighted by atomic mass is 35.5. The number of hydrogen-bond donors (Lipinski definition) is 3. The fraction of sp³-hybridized carbons (Fsp3) is 0.318. The molecule has 0 spiro atoms. The Hall–Kier alpha value is -2.84. The molecular weight excluding hydrogens is 438 g/mol. The van der Waals surface area contributed by atoms with Crippen molar-refractivity contribution in [1.29, 1.82) is 0 Å². The van der Waals surface area contributed by atoms with Gasteiger partial charge in [-0.15, -0.1) is 0 Å². The molecule has 0 aliphatic carbocycles. The zero-order valence-electron chi connectivity index (χ0n) is 17.9. The van der Waals surface area contributed by atoms with Gasteiger partial charge in [-0.2, -0.15) is 0 Å². The largest absolute Gasteiger partial charge is 0.491 e. The lowest BCUT2D eigenvalue weighted by Crippen LogP contribution is -2.49. The van der Waals surface area contributed by atoms with Crippen molar-refractivity contribution in [3.05, 3.63) is 58.1 Å². The first-order valence-corrected chi connectivity index (χ1v) is 10.5. The minimum absolute atomic E-state index is 0.0449. The summed E-state index contributed by atoms with van der Waals surface area (Å²) in [5.74, 6) is 0.342. The molecular formula is C22H26ClN3O4S. The average Bonchev–Trinajstić information content (AvgIpc) is 2.74. The predicted molar refractivity (Wildman–Crippen MR) is 125 cm³/mol. The smallest absolute Gasteiger partial charge is 0.276 e. The van der Waals surface area contributed by atoms with Crippen LogP contribution in [0.4, 0.5) is 0 Å². The van der Waals surface area contributed by atoms with Gasteiger partial charge in [0.05, 0.1) is 6.10 Å². The van der Waals surface area contributed by atoms with Crippen LogP contribution in [0.3, 0.4) is 0 Å². The first-order chi connectivity index (χ1) is 14.7. The number of carbonyl (C=O) groups is 2. The summed E-state index contributed by atoms with van der Waals surface area (Å²) in [6, 6.07) is 10.2. The van der Waals surface area contributed by atoms with Crippen LogP contribution in [-0.2, 0) is 4.79 Å². The van der Waals surface area contributed by atoms with E-state index in [4.69, 9.17) is 33.3 Å². The highest BCUT2D eigenvalue weighted by Gasteiger charge is 2.10. The van der Waals surface area contributed by atoms with E-state index < -0.39 is 11.8 Å². The van der Waals surface area contributed by atoms with Crippen LogP contribution in [0, 0.1) is 13.8 Å². The molecule has 2 amide bonds. The lowest BCUT2D eigenvalue weighted by Gasteiger charge is -2.13. The molecule has 2 rings (SSSR count). The number of ether oxygens (including phenoxy) is 2. The van der Waals surface area contributed by atoms with Crippen molar-refractivity contribution < 1.29 is 19.1 Å². The van der Waals surface area contributed by atoms with Gasteiger partial charge in [0.25, 0.3) is 11.8 Å². The van der Waals surface area contributed by atoms with Gasteiger partial charge in [0.1, 0.15) is 11.5 Å². The minimum atomic E-state index is -0.464. The van der Waals surface area contributed by atoms with E-state index in [-0.39, 0.29) is 17.8 Å². The van der Waals surface area contributed by atoms with Crippen molar-refractivity contribution in [2.45, 2.75) is 40.2 Å². The fourth-order valence-electron chi connectivity index (χ4n) is 2.51. The van der Waals surface area contributed by atoms with E-state index in [9.17, 15) is 9.59 Å². The molecule has 2 aromatic rings. The lowest BCUT2D eigenvalue weighted by atomic mass is 10.1. The second-order valence-electron chi connectivity index (χ2n) is 6.98. The highest BCUT2D eigenvalue weighted by Crippen LogP contribution is 2.25. The molecule has 9 heteroatoms. The van der Waals surface area contributed by atoms with Gasteiger partial charge in [-0.3, -0.25) is 25.8 Å². The minimum Gasteiger partial charge on any atom is -0.491 e. The van der Waals surface area contributed by atoms with E-state index in [1.807, 2.05) is 27.7 Å². The third-order valence-electron chi connectivity index (χ3n) is 4.35. The van der Waals surface area contributed by atoms with Crippen molar-refractivity contribution in [3.8, 4) is 11.5 Å². The van der Waals surface area contributed by atoms with Gasteiger partial charge < -0.3 is 9.47 Å². The summed E-state index contributed by atoms with van der Waals surface area (Å²) in [5.41, 5.74) is 6.97. The van der Waals surface area contributed by atoms with Crippen molar-refractivity contribution in [3.63, 3.8) is 0 Å². The van der Waals surface area contributed by atoms with Crippen LogP contribution in [0.25, 0.3) is 0 Å². The Morgan fingerprint density at radius 3 is 2.26 bits per heavy atom. The topological polar surface area (TPSA) is 88.7 Å². The maximum atomic E-state index is 12.3. The highest BCUT2D eigenvalue weighted by molar-refractivity contribution is 7.80. The van der Waals surface area contributed by atoms with E-state index >= 15 is 0 Å². The zero-order valence-corrected chi connectivity index (χ0v) is 19.4. The van der Waals surface area contributed by atoms with E-state index in [1.165, 1.54) is 0 Å². The van der Waals surface area contributed by atoms with Crippen molar-refractivity contribution >= 4 is 40.7 Å². The summed E-state index contributed by atoms with van der Waals surface area (Å²) in [7, 11) is 0. The number of amides is 2. The van der Waals surface area contributed by atoms with Gasteiger partial charge >= 0.3 is 0 Å². The number of thiocarbonyl (C=S) groups is 1. The molecule has 1 atom stereocenters. The molecule has 7 nitrogen and oxygen atoms in total. The lowest BCUT2D eigenvalue weighted by molar-refractivity contribution is -0.123. The molecule has 0 heterocycles. The predicted octanol–water partition coefficient (Wildman–Crippen LogP) is 3.85. The van der Waals surface area contributed by atoms with Crippen molar-refractivity contribution in [1.82, 2.24) is 16.2 Å². The van der Waals surface area contributed by atoms with Gasteiger partial charge in [-0.1, -0.05) is 18.5 Å². The Bertz CT molecular complexity index is 927. The number of carbonyl (C=O) groups excluding carboxylic acids is 2. The Balaban J connectivity index is 1.76. The molecule has 166 valence electrons. The number of nitrogens with one attached hydrogen (secondary N) is 3. The van der Waals surface area contributed by atoms with Crippen LogP contribution >= 0.6 is 23.8 Å². The molecule has 0 bridgehead atoms. The van der Waals surface area contributed by atoms with Gasteiger partial charge in [-0.25, -0.2) is 0 Å². The average molecular weight is 464 g/mol. The molecule has 0 radical (unpaired) electrons. The van der Waals surface area contributed by atoms with Gasteiger partial charge in [0.2, 0.25) is 0 Å². The van der Waals surface area contributed by atoms with Crippen LogP contribution in [0.5, 0.6) is 11.5 Å². The SMILES string of the molecule is CCC(C)Oc1ccc(C(=O)NC(=S)NNC(=O)COc2cc(C)c(Cl)c(C)c2)cc1. The normalized spacial score (nSPS) is 11.3. The van der Waals surface area contributed by atoms with Crippen LogP contribution in [0.1, 0.15) is 41.8 Å². The molecule has 0 saturated heterocycles. The number of rotatable bonds is 7. The van der Waals surface area contributed by atoms with Crippen LogP contribution in [0.2, 0.25) is 5.02 Å². The second kappa shape index (κ2) is 11.5. The molecule has 0 fully saturated rings. The Morgan fingerprint density at radius 2 is 1.68 bits per heavy atom. The molecule has 2 aromatic carbocycles. The van der Waals surface area contributed by atoms with E-state index in [1.54, 1.807) is 36.4 Å². The standard InChI is InChI=1S/C22H26ClN3O4S/c1-5-15(4)30-17-8-6-16(7-9-17)21(28)24-22(31)26-25-19(27)12-29-18-10-13(2)20(23)14(3)11-18/h6-11,15H,5,12H2,1-4H3,(H,25,27)(H2,24,26,28,31). The Kier molecular flexibility index (Phi) is 9.08. The quantitative estimate of drug-likeness (QED) is 0.427. The summed E-state index contributed by atoms with van der Waals surface area (Å²) in [5, 5.41) is 3.11. The van der Waals surface area contributed by atoms with Crippen molar-refractivity contribution in [2.75, 3.05) is 6.61 Å². The number of halogens is 1. The molecule has 1 unspecified atom stereocenters. The molecule has 0 aromatic heterocycles. The molecule has 3 N–H and O–H groups in total. The van der Waals surface area contributed by atoms with E-state index in [0.29, 0.717) is 22.1 Å². The first kappa shape index (κ1) is 24.4. The summed E-state index contributed by atoms with van der Waals surface area (Å²) in [4.78, 5) is 24.2. The van der Waals surface area contributed by atoms with Crippen LogP contribution in [-0.4, -0.2) is 29.6 Å². The fourth-order valence-corrected chi connectivity index (χ4v) is 2.76. The van der Waals surface area contributed by atoms with Gasteiger partial charge in [0.15, 0.2) is 11.7 Å². The summed E-state index contributed by atoms with van der Waals surface area (Å²) in [6.07, 6.45) is 0.981. The first-order valence-electron chi connectivity index (χ1n) is 9.76. The van der Waals surface area contributed by atoms with E-state index in [0.717, 1.165) is 17.5 Å². The van der Waals surface area contributed by atoms with Crippen LogP contribution < -0.4 is 25.6 Å². The number of benzene rings is 2. The van der Waals surface area contributed by atoms with Gasteiger partial charge in [-0.05, 0) is 86.9 Å². The molecule has 31 heavy (non-hydrogen) atoms. The Morgan fingerprint density at radius 1 is 1.06 bits per heavy atom. The summed E-state index contributed by atoms with van der Waals surface area (Å²) < 4.78 is 11.1. The number of aryl methyl sites for hydroxylation is 2. The second-order valence-corrected chi connectivity index (χ2v) is 7.76.